The van der Waals surface area contributed by atoms with E-state index in [1.807, 2.05) is 6.07 Å². The summed E-state index contributed by atoms with van der Waals surface area (Å²) in [5.74, 6) is 0.503. The summed E-state index contributed by atoms with van der Waals surface area (Å²) in [5, 5.41) is 4.04. The summed E-state index contributed by atoms with van der Waals surface area (Å²) in [7, 11) is 1.71. The summed E-state index contributed by atoms with van der Waals surface area (Å²) < 4.78 is 5.52. The predicted molar refractivity (Wildman–Crippen MR) is 75.8 cm³/mol. The number of pyridine rings is 1. The van der Waals surface area contributed by atoms with Gasteiger partial charge < -0.3 is 15.8 Å². The van der Waals surface area contributed by atoms with E-state index in [0.29, 0.717) is 10.8 Å². The molecule has 0 fully saturated rings. The molecule has 1 aromatic heterocycles. The van der Waals surface area contributed by atoms with Crippen molar-refractivity contribution in [1.29, 1.82) is 0 Å². The van der Waals surface area contributed by atoms with Crippen LogP contribution >= 0.6 is 11.6 Å². The standard InChI is InChI=1S/C13H22ClN3O/c1-4-6-16-12(11(5-2)18-3)10-7-9(14)8-17-13(10)15/h7-8,11-12,16H,4-6H2,1-3H3,(H2,15,17). The minimum Gasteiger partial charge on any atom is -0.383 e. The lowest BCUT2D eigenvalue weighted by Crippen LogP contribution is -2.34. The fourth-order valence-corrected chi connectivity index (χ4v) is 2.16. The average Bonchev–Trinajstić information content (AvgIpc) is 2.38. The van der Waals surface area contributed by atoms with Crippen LogP contribution in [0.25, 0.3) is 0 Å². The van der Waals surface area contributed by atoms with Gasteiger partial charge in [0.2, 0.25) is 0 Å². The molecule has 0 aromatic carbocycles. The van der Waals surface area contributed by atoms with E-state index in [-0.39, 0.29) is 12.1 Å². The van der Waals surface area contributed by atoms with Crippen LogP contribution in [0.2, 0.25) is 5.02 Å². The molecule has 4 nitrogen and oxygen atoms in total. The van der Waals surface area contributed by atoms with Crippen molar-refractivity contribution < 1.29 is 4.74 Å². The first-order valence-electron chi connectivity index (χ1n) is 6.31. The number of aromatic nitrogens is 1. The molecule has 3 N–H and O–H groups in total. The number of nitrogens with one attached hydrogen (secondary N) is 1. The monoisotopic (exact) mass is 271 g/mol. The molecule has 1 heterocycles. The van der Waals surface area contributed by atoms with Gasteiger partial charge in [-0.05, 0) is 25.5 Å². The van der Waals surface area contributed by atoms with Crippen molar-refractivity contribution >= 4 is 17.4 Å². The normalized spacial score (nSPS) is 14.4. The molecule has 0 amide bonds. The van der Waals surface area contributed by atoms with Crippen molar-refractivity contribution in [3.8, 4) is 0 Å². The first kappa shape index (κ1) is 15.2. The van der Waals surface area contributed by atoms with Crippen LogP contribution < -0.4 is 11.1 Å². The van der Waals surface area contributed by atoms with Gasteiger partial charge in [0.05, 0.1) is 17.2 Å². The number of ether oxygens (including phenoxy) is 1. The fraction of sp³-hybridized carbons (Fsp3) is 0.615. The summed E-state index contributed by atoms with van der Waals surface area (Å²) in [6, 6.07) is 1.88. The van der Waals surface area contributed by atoms with Crippen molar-refractivity contribution in [2.24, 2.45) is 0 Å². The van der Waals surface area contributed by atoms with E-state index < -0.39 is 0 Å². The van der Waals surface area contributed by atoms with Crippen LogP contribution in [0.4, 0.5) is 5.82 Å². The molecule has 0 saturated carbocycles. The number of nitrogen functional groups attached to an aromatic ring is 1. The third kappa shape index (κ3) is 3.83. The number of halogens is 1. The molecule has 0 aliphatic rings. The first-order valence-corrected chi connectivity index (χ1v) is 6.68. The Balaban J connectivity index is 3.03. The Hall–Kier alpha value is -0.840. The highest BCUT2D eigenvalue weighted by atomic mass is 35.5. The van der Waals surface area contributed by atoms with Crippen LogP contribution in [-0.4, -0.2) is 24.7 Å². The molecular weight excluding hydrogens is 250 g/mol. The number of anilines is 1. The van der Waals surface area contributed by atoms with Crippen molar-refractivity contribution in [1.82, 2.24) is 10.3 Å². The molecule has 1 rings (SSSR count). The Labute approximate surface area is 114 Å². The Morgan fingerprint density at radius 3 is 2.78 bits per heavy atom. The third-order valence-electron chi connectivity index (χ3n) is 2.94. The van der Waals surface area contributed by atoms with Crippen molar-refractivity contribution in [2.75, 3.05) is 19.4 Å². The Morgan fingerprint density at radius 2 is 2.22 bits per heavy atom. The maximum absolute atomic E-state index is 6.00. The number of nitrogens with zero attached hydrogens (tertiary/aromatic N) is 1. The van der Waals surface area contributed by atoms with Crippen molar-refractivity contribution in [3.05, 3.63) is 22.8 Å². The lowest BCUT2D eigenvalue weighted by atomic mass is 10.00. The fourth-order valence-electron chi connectivity index (χ4n) is 1.99. The van der Waals surface area contributed by atoms with E-state index in [1.54, 1.807) is 13.3 Å². The number of rotatable bonds is 7. The van der Waals surface area contributed by atoms with E-state index >= 15 is 0 Å². The van der Waals surface area contributed by atoms with Gasteiger partial charge in [0.1, 0.15) is 5.82 Å². The summed E-state index contributed by atoms with van der Waals surface area (Å²) in [5.41, 5.74) is 6.85. The Bertz CT molecular complexity index is 369. The number of hydrogen-bond acceptors (Lipinski definition) is 4. The smallest absolute Gasteiger partial charge is 0.128 e. The molecule has 5 heteroatoms. The van der Waals surface area contributed by atoms with Gasteiger partial charge in [-0.3, -0.25) is 0 Å². The third-order valence-corrected chi connectivity index (χ3v) is 3.15. The predicted octanol–water partition coefficient (Wildman–Crippen LogP) is 2.78. The topological polar surface area (TPSA) is 60.2 Å². The van der Waals surface area contributed by atoms with Gasteiger partial charge in [0.15, 0.2) is 0 Å². The molecule has 102 valence electrons. The van der Waals surface area contributed by atoms with Crippen LogP contribution in [0, 0.1) is 0 Å². The van der Waals surface area contributed by atoms with Crippen LogP contribution in [0.15, 0.2) is 12.3 Å². The molecule has 0 saturated heterocycles. The summed E-state index contributed by atoms with van der Waals surface area (Å²) in [4.78, 5) is 4.11. The second-order valence-corrected chi connectivity index (χ2v) is 4.68. The molecule has 18 heavy (non-hydrogen) atoms. The number of hydrogen-bond donors (Lipinski definition) is 2. The summed E-state index contributed by atoms with van der Waals surface area (Å²) >= 11 is 6.00. The van der Waals surface area contributed by atoms with Crippen molar-refractivity contribution in [2.45, 2.75) is 38.8 Å². The molecule has 2 atom stereocenters. The van der Waals surface area contributed by atoms with E-state index in [0.717, 1.165) is 24.9 Å². The van der Waals surface area contributed by atoms with E-state index in [9.17, 15) is 0 Å². The zero-order chi connectivity index (χ0) is 13.5. The zero-order valence-electron chi connectivity index (χ0n) is 11.2. The van der Waals surface area contributed by atoms with Gasteiger partial charge in [0.25, 0.3) is 0 Å². The van der Waals surface area contributed by atoms with Crippen LogP contribution in [0.5, 0.6) is 0 Å². The molecule has 0 radical (unpaired) electrons. The van der Waals surface area contributed by atoms with E-state index in [4.69, 9.17) is 22.1 Å². The van der Waals surface area contributed by atoms with Gasteiger partial charge >= 0.3 is 0 Å². The molecule has 0 aliphatic heterocycles. The maximum atomic E-state index is 6.00. The van der Waals surface area contributed by atoms with Gasteiger partial charge in [-0.2, -0.15) is 0 Å². The maximum Gasteiger partial charge on any atom is 0.128 e. The van der Waals surface area contributed by atoms with Crippen LogP contribution in [-0.2, 0) is 4.74 Å². The van der Waals surface area contributed by atoms with Gasteiger partial charge in [0, 0.05) is 18.9 Å². The summed E-state index contributed by atoms with van der Waals surface area (Å²) in [6.07, 6.45) is 3.55. The second kappa shape index (κ2) is 7.56. The minimum absolute atomic E-state index is 0.0196. The first-order chi connectivity index (χ1) is 8.63. The van der Waals surface area contributed by atoms with Crippen molar-refractivity contribution in [3.63, 3.8) is 0 Å². The van der Waals surface area contributed by atoms with E-state index in [2.05, 4.69) is 24.1 Å². The van der Waals surface area contributed by atoms with Crippen LogP contribution in [0.1, 0.15) is 38.3 Å². The average molecular weight is 272 g/mol. The SMILES string of the molecule is CCCNC(c1cc(Cl)cnc1N)C(CC)OC. The lowest BCUT2D eigenvalue weighted by molar-refractivity contribution is 0.0652. The number of nitrogens with two attached hydrogens (primary N) is 1. The highest BCUT2D eigenvalue weighted by molar-refractivity contribution is 6.30. The molecule has 0 aliphatic carbocycles. The van der Waals surface area contributed by atoms with Gasteiger partial charge in [-0.15, -0.1) is 0 Å². The molecule has 1 aromatic rings. The summed E-state index contributed by atoms with van der Waals surface area (Å²) in [6.45, 7) is 5.11. The molecule has 0 spiro atoms. The van der Waals surface area contributed by atoms with Crippen LogP contribution in [0.3, 0.4) is 0 Å². The quantitative estimate of drug-likeness (QED) is 0.801. The second-order valence-electron chi connectivity index (χ2n) is 4.24. The molecular formula is C13H22ClN3O. The van der Waals surface area contributed by atoms with Gasteiger partial charge in [-0.25, -0.2) is 4.98 Å². The lowest BCUT2D eigenvalue weighted by Gasteiger charge is -2.27. The molecule has 2 unspecified atom stereocenters. The largest absolute Gasteiger partial charge is 0.383 e. The van der Waals surface area contributed by atoms with Gasteiger partial charge in [-0.1, -0.05) is 25.4 Å². The Kier molecular flexibility index (Phi) is 6.39. The minimum atomic E-state index is 0.0196. The highest BCUT2D eigenvalue weighted by Gasteiger charge is 2.23. The molecule has 0 bridgehead atoms. The zero-order valence-corrected chi connectivity index (χ0v) is 12.0. The van der Waals surface area contributed by atoms with E-state index in [1.165, 1.54) is 0 Å². The Morgan fingerprint density at radius 1 is 1.50 bits per heavy atom. The number of methoxy groups -OCH3 is 1. The highest BCUT2D eigenvalue weighted by Crippen LogP contribution is 2.27.